The molecule has 4 rings (SSSR count). The molecular formula is C27H40F2N5O3P. The third-order valence-electron chi connectivity index (χ3n) is 8.22. The summed E-state index contributed by atoms with van der Waals surface area (Å²) in [6.07, 6.45) is 7.04. The minimum absolute atomic E-state index is 0.0693. The lowest BCUT2D eigenvalue weighted by Crippen LogP contribution is -2.53. The fraction of sp³-hybridized carbons (Fsp3) is 0.593. The van der Waals surface area contributed by atoms with Crippen LogP contribution in [0.2, 0.25) is 0 Å². The topological polar surface area (TPSA) is 128 Å². The van der Waals surface area contributed by atoms with Gasteiger partial charge in [-0.25, -0.2) is 0 Å². The molecule has 1 aromatic carbocycles. The molecular weight excluding hydrogens is 511 g/mol. The van der Waals surface area contributed by atoms with Gasteiger partial charge in [-0.2, -0.15) is 8.78 Å². The minimum Gasteiger partial charge on any atom is -0.507 e. The van der Waals surface area contributed by atoms with Crippen LogP contribution in [0.25, 0.3) is 5.70 Å². The van der Waals surface area contributed by atoms with E-state index >= 15 is 0 Å². The number of phenols is 1. The molecule has 38 heavy (non-hydrogen) atoms. The van der Waals surface area contributed by atoms with Crippen LogP contribution in [-0.2, 0) is 10.5 Å². The molecule has 1 amide bonds. The second-order valence-electron chi connectivity index (χ2n) is 11.2. The highest BCUT2D eigenvalue weighted by Gasteiger charge is 2.45. The number of carbonyl (C=O) groups is 1. The summed E-state index contributed by atoms with van der Waals surface area (Å²) in [4.78, 5) is 17.0. The van der Waals surface area contributed by atoms with Crippen LogP contribution in [0.15, 0.2) is 35.7 Å². The Morgan fingerprint density at radius 3 is 2.55 bits per heavy atom. The molecule has 1 saturated carbocycles. The third-order valence-corrected chi connectivity index (χ3v) is 8.55. The van der Waals surface area contributed by atoms with Crippen molar-refractivity contribution >= 4 is 20.8 Å². The van der Waals surface area contributed by atoms with Crippen molar-refractivity contribution in [1.29, 1.82) is 0 Å². The molecule has 2 heterocycles. The molecule has 210 valence electrons. The van der Waals surface area contributed by atoms with Crippen molar-refractivity contribution in [3.63, 3.8) is 0 Å². The largest absolute Gasteiger partial charge is 0.507 e. The molecule has 8 nitrogen and oxygen atoms in total. The number of amides is 1. The minimum atomic E-state index is -3.15. The van der Waals surface area contributed by atoms with Gasteiger partial charge in [-0.05, 0) is 81.2 Å². The molecule has 0 radical (unpaired) electrons. The highest BCUT2D eigenvalue weighted by atomic mass is 31.0. The molecule has 7 N–H and O–H groups in total. The second-order valence-corrected chi connectivity index (χ2v) is 11.9. The number of phenolic OH excluding ortho intramolecular Hbond substituents is 1. The average Bonchev–Trinajstić information content (AvgIpc) is 2.82. The van der Waals surface area contributed by atoms with Gasteiger partial charge in [-0.1, -0.05) is 15.3 Å². The SMILES string of the molecule is CC(/C=C(\N)NC1CCCN(CC(=O)N2CCC3(CC2)CC(O)C3)C1)=C(/N)c1ccc(C(F)(F)P)cc1O. The van der Waals surface area contributed by atoms with Crippen LogP contribution < -0.4 is 16.8 Å². The van der Waals surface area contributed by atoms with Crippen LogP contribution >= 0.6 is 9.24 Å². The summed E-state index contributed by atoms with van der Waals surface area (Å²) in [7, 11) is 1.44. The molecule has 3 fully saturated rings. The van der Waals surface area contributed by atoms with Gasteiger partial charge in [-0.15, -0.1) is 0 Å². The first-order chi connectivity index (χ1) is 17.8. The van der Waals surface area contributed by atoms with Gasteiger partial charge in [0, 0.05) is 42.5 Å². The number of aliphatic hydroxyl groups excluding tert-OH is 1. The van der Waals surface area contributed by atoms with E-state index in [0.29, 0.717) is 24.5 Å². The van der Waals surface area contributed by atoms with E-state index in [9.17, 15) is 23.8 Å². The zero-order chi connectivity index (χ0) is 27.7. The number of benzene rings is 1. The van der Waals surface area contributed by atoms with Gasteiger partial charge in [0.15, 0.2) is 0 Å². The Morgan fingerprint density at radius 2 is 1.95 bits per heavy atom. The molecule has 0 bridgehead atoms. The summed E-state index contributed by atoms with van der Waals surface area (Å²) in [5, 5.41) is 23.2. The lowest BCUT2D eigenvalue weighted by atomic mass is 9.61. The average molecular weight is 552 g/mol. The van der Waals surface area contributed by atoms with Gasteiger partial charge in [0.25, 0.3) is 5.66 Å². The number of aromatic hydroxyl groups is 1. The number of nitrogens with zero attached hydrogens (tertiary/aromatic N) is 2. The van der Waals surface area contributed by atoms with Gasteiger partial charge in [0.1, 0.15) is 5.75 Å². The van der Waals surface area contributed by atoms with Gasteiger partial charge in [-0.3, -0.25) is 9.69 Å². The first-order valence-corrected chi connectivity index (χ1v) is 13.8. The molecule has 2 aliphatic heterocycles. The molecule has 2 saturated heterocycles. The van der Waals surface area contributed by atoms with E-state index in [0.717, 1.165) is 64.2 Å². The smallest absolute Gasteiger partial charge is 0.284 e. The number of hydrogen-bond donors (Lipinski definition) is 5. The van der Waals surface area contributed by atoms with E-state index in [2.05, 4.69) is 10.2 Å². The molecule has 1 aromatic rings. The van der Waals surface area contributed by atoms with E-state index < -0.39 is 5.66 Å². The summed E-state index contributed by atoms with van der Waals surface area (Å²) in [5.74, 6) is 0.226. The highest BCUT2D eigenvalue weighted by Crippen LogP contribution is 2.49. The summed E-state index contributed by atoms with van der Waals surface area (Å²) < 4.78 is 27.0. The number of allylic oxidation sites excluding steroid dienone is 2. The number of hydrogen-bond acceptors (Lipinski definition) is 7. The first kappa shape index (κ1) is 28.6. The molecule has 0 aromatic heterocycles. The normalized spacial score (nSPS) is 23.7. The van der Waals surface area contributed by atoms with Crippen molar-refractivity contribution in [3.8, 4) is 5.75 Å². The number of alkyl halides is 2. The first-order valence-electron chi connectivity index (χ1n) is 13.2. The quantitative estimate of drug-likeness (QED) is 0.260. The maximum absolute atomic E-state index is 13.5. The van der Waals surface area contributed by atoms with Crippen molar-refractivity contribution in [1.82, 2.24) is 15.1 Å². The van der Waals surface area contributed by atoms with E-state index in [1.54, 1.807) is 13.0 Å². The van der Waals surface area contributed by atoms with Crippen molar-refractivity contribution < 1.29 is 23.8 Å². The van der Waals surface area contributed by atoms with Crippen molar-refractivity contribution in [3.05, 3.63) is 46.8 Å². The fourth-order valence-electron chi connectivity index (χ4n) is 5.95. The Balaban J connectivity index is 1.30. The van der Waals surface area contributed by atoms with E-state index in [-0.39, 0.29) is 46.0 Å². The fourth-order valence-corrected chi connectivity index (χ4v) is 6.13. The molecule has 3 aliphatic rings. The number of nitrogens with one attached hydrogen (secondary N) is 1. The zero-order valence-electron chi connectivity index (χ0n) is 21.9. The molecule has 1 spiro atoms. The van der Waals surface area contributed by atoms with Gasteiger partial charge < -0.3 is 31.9 Å². The van der Waals surface area contributed by atoms with E-state index in [1.165, 1.54) is 21.4 Å². The van der Waals surface area contributed by atoms with Crippen molar-refractivity contribution in [2.75, 3.05) is 32.7 Å². The van der Waals surface area contributed by atoms with Crippen LogP contribution in [0.5, 0.6) is 5.75 Å². The van der Waals surface area contributed by atoms with Crippen LogP contribution in [0.4, 0.5) is 8.78 Å². The van der Waals surface area contributed by atoms with Gasteiger partial charge >= 0.3 is 0 Å². The van der Waals surface area contributed by atoms with E-state index in [4.69, 9.17) is 11.5 Å². The maximum atomic E-state index is 13.5. The van der Waals surface area contributed by atoms with Crippen LogP contribution in [0.1, 0.15) is 56.6 Å². The number of rotatable bonds is 7. The lowest BCUT2D eigenvalue weighted by molar-refractivity contribution is -0.138. The summed E-state index contributed by atoms with van der Waals surface area (Å²) >= 11 is 0. The Labute approximate surface area is 225 Å². The number of nitrogens with two attached hydrogens (primary N) is 2. The molecule has 2 unspecified atom stereocenters. The standard InChI is InChI=1S/C27H40F2N5O3P/c1-17(25(31)21-5-4-18(12-22(21)36)27(28,29)38)11-23(30)32-19-3-2-8-33(15-19)16-24(37)34-9-6-26(7-10-34)13-20(35)14-26/h4-5,11-12,19-20,32,35-36H,2-3,6-10,13-16,30-31,38H2,1H3/b23-11+,25-17-. The summed E-state index contributed by atoms with van der Waals surface area (Å²) in [5.41, 5.74) is 10.3. The predicted octanol–water partition coefficient (Wildman–Crippen LogP) is 2.62. The number of carbonyl (C=O) groups excluding carboxylic acids is 1. The van der Waals surface area contributed by atoms with Gasteiger partial charge in [0.05, 0.1) is 18.5 Å². The van der Waals surface area contributed by atoms with Crippen LogP contribution in [-0.4, -0.2) is 70.8 Å². The number of halogens is 2. The third kappa shape index (κ3) is 6.77. The monoisotopic (exact) mass is 551 g/mol. The Hall–Kier alpha value is -2.42. The molecule has 2 atom stereocenters. The lowest BCUT2D eigenvalue weighted by Gasteiger charge is -2.50. The summed E-state index contributed by atoms with van der Waals surface area (Å²) in [6, 6.07) is 3.67. The van der Waals surface area contributed by atoms with Gasteiger partial charge in [0.2, 0.25) is 5.91 Å². The Morgan fingerprint density at radius 1 is 1.26 bits per heavy atom. The van der Waals surface area contributed by atoms with Crippen LogP contribution in [0, 0.1) is 5.41 Å². The van der Waals surface area contributed by atoms with Crippen molar-refractivity contribution in [2.24, 2.45) is 16.9 Å². The zero-order valence-corrected chi connectivity index (χ0v) is 23.1. The highest BCUT2D eigenvalue weighted by molar-refractivity contribution is 7.17. The second kappa shape index (κ2) is 11.4. The predicted molar refractivity (Wildman–Crippen MR) is 147 cm³/mol. The maximum Gasteiger partial charge on any atom is 0.284 e. The molecule has 1 aliphatic carbocycles. The number of piperidine rings is 2. The Bertz CT molecular complexity index is 1090. The molecule has 11 heteroatoms. The van der Waals surface area contributed by atoms with E-state index in [1.807, 2.05) is 4.90 Å². The summed E-state index contributed by atoms with van der Waals surface area (Å²) in [6.45, 7) is 5.19. The Kier molecular flexibility index (Phi) is 8.55. The van der Waals surface area contributed by atoms with Crippen molar-refractivity contribution in [2.45, 2.75) is 63.3 Å². The number of likely N-dealkylation sites (tertiary alicyclic amines) is 2. The number of aliphatic hydroxyl groups is 1. The van der Waals surface area contributed by atoms with Crippen LogP contribution in [0.3, 0.4) is 0 Å².